The molecule has 0 aromatic heterocycles. The van der Waals surface area contributed by atoms with Crippen molar-refractivity contribution in [3.05, 3.63) is 102 Å². The Morgan fingerprint density at radius 3 is 2.14 bits per heavy atom. The van der Waals surface area contributed by atoms with Gasteiger partial charge in [-0.3, -0.25) is 9.59 Å². The Morgan fingerprint density at radius 1 is 0.953 bits per heavy atom. The highest BCUT2D eigenvalue weighted by Crippen LogP contribution is 2.29. The highest BCUT2D eigenvalue weighted by Gasteiger charge is 2.50. The number of likely N-dealkylation sites (N-methyl/N-ethyl adjacent to an activating group) is 1. The zero-order valence-electron chi connectivity index (χ0n) is 25.6. The molecule has 0 spiro atoms. The number of hydrogen-bond donors (Lipinski definition) is 1. The van der Waals surface area contributed by atoms with E-state index in [1.807, 2.05) is 90.7 Å². The van der Waals surface area contributed by atoms with Crippen LogP contribution in [0, 0.1) is 0 Å². The quantitative estimate of drug-likeness (QED) is 0.414. The van der Waals surface area contributed by atoms with Crippen molar-refractivity contribution in [2.24, 2.45) is 0 Å². The third-order valence-electron chi connectivity index (χ3n) is 7.84. The Hall–Kier alpha value is -4.37. The molecular weight excluding hydrogens is 542 g/mol. The number of methoxy groups -OCH3 is 1. The Kier molecular flexibility index (Phi) is 11.2. The Bertz CT molecular complexity index is 1290. The van der Waals surface area contributed by atoms with Crippen LogP contribution >= 0.6 is 0 Å². The van der Waals surface area contributed by atoms with Crippen LogP contribution < -0.4 is 10.1 Å². The van der Waals surface area contributed by atoms with Crippen molar-refractivity contribution in [2.75, 3.05) is 33.8 Å². The number of hydrazine groups is 1. The fourth-order valence-electron chi connectivity index (χ4n) is 5.62. The number of fused-ring (bicyclic) bond motifs is 1. The van der Waals surface area contributed by atoms with E-state index in [0.717, 1.165) is 23.3 Å². The van der Waals surface area contributed by atoms with Crippen molar-refractivity contribution in [1.82, 2.24) is 25.1 Å². The van der Waals surface area contributed by atoms with Crippen molar-refractivity contribution in [3.8, 4) is 5.75 Å². The van der Waals surface area contributed by atoms with E-state index in [0.29, 0.717) is 19.5 Å². The second kappa shape index (κ2) is 15.2. The van der Waals surface area contributed by atoms with Gasteiger partial charge in [-0.05, 0) is 35.6 Å². The van der Waals surface area contributed by atoms with Gasteiger partial charge >= 0.3 is 6.03 Å². The van der Waals surface area contributed by atoms with E-state index in [4.69, 9.17) is 4.74 Å². The molecule has 3 atom stereocenters. The lowest BCUT2D eigenvalue weighted by Crippen LogP contribution is -2.76. The third-order valence-corrected chi connectivity index (χ3v) is 7.84. The van der Waals surface area contributed by atoms with Crippen LogP contribution in [-0.4, -0.2) is 83.7 Å². The van der Waals surface area contributed by atoms with E-state index in [9.17, 15) is 14.4 Å². The van der Waals surface area contributed by atoms with E-state index in [-0.39, 0.29) is 36.9 Å². The number of rotatable bonds is 8. The molecule has 5 rings (SSSR count). The topological polar surface area (TPSA) is 85.4 Å². The van der Waals surface area contributed by atoms with Crippen LogP contribution in [0.1, 0.15) is 43.7 Å². The molecule has 0 radical (unpaired) electrons. The first-order valence-electron chi connectivity index (χ1n) is 14.9. The van der Waals surface area contributed by atoms with Crippen molar-refractivity contribution in [2.45, 2.75) is 51.4 Å². The summed E-state index contributed by atoms with van der Waals surface area (Å²) in [6.45, 7) is 5.27. The van der Waals surface area contributed by atoms with Gasteiger partial charge in [0.05, 0.1) is 20.2 Å². The van der Waals surface area contributed by atoms with Crippen LogP contribution in [0.2, 0.25) is 0 Å². The molecule has 2 heterocycles. The largest absolute Gasteiger partial charge is 0.497 e. The highest BCUT2D eigenvalue weighted by atomic mass is 16.5. The summed E-state index contributed by atoms with van der Waals surface area (Å²) < 4.78 is 5.21. The van der Waals surface area contributed by atoms with Crippen molar-refractivity contribution in [1.29, 1.82) is 0 Å². The number of amides is 4. The summed E-state index contributed by atoms with van der Waals surface area (Å²) in [5.74, 6) is 0.693. The number of urea groups is 1. The average molecular weight is 586 g/mol. The molecule has 9 heteroatoms. The molecule has 4 amide bonds. The lowest BCUT2D eigenvalue weighted by molar-refractivity contribution is -0.187. The Morgan fingerprint density at radius 2 is 1.56 bits per heavy atom. The molecule has 43 heavy (non-hydrogen) atoms. The predicted molar refractivity (Wildman–Crippen MR) is 167 cm³/mol. The summed E-state index contributed by atoms with van der Waals surface area (Å²) in [5.41, 5.74) is 2.08. The van der Waals surface area contributed by atoms with Gasteiger partial charge in [-0.15, -0.1) is 0 Å². The lowest BCUT2D eigenvalue weighted by Gasteiger charge is -2.54. The maximum Gasteiger partial charge on any atom is 0.334 e. The predicted octanol–water partition coefficient (Wildman–Crippen LogP) is 4.72. The fourth-order valence-corrected chi connectivity index (χ4v) is 5.62. The van der Waals surface area contributed by atoms with Crippen LogP contribution in [0.5, 0.6) is 5.75 Å². The summed E-state index contributed by atoms with van der Waals surface area (Å²) in [4.78, 5) is 43.7. The fraction of sp³-hybridized carbons (Fsp3) is 0.382. The van der Waals surface area contributed by atoms with Crippen LogP contribution in [0.25, 0.3) is 0 Å². The number of carbonyl (C=O) groups is 3. The minimum Gasteiger partial charge on any atom is -0.497 e. The first-order valence-corrected chi connectivity index (χ1v) is 14.9. The van der Waals surface area contributed by atoms with Gasteiger partial charge in [0.1, 0.15) is 18.0 Å². The van der Waals surface area contributed by atoms with Gasteiger partial charge in [0.2, 0.25) is 11.8 Å². The molecular formula is C34H43N5O4. The summed E-state index contributed by atoms with van der Waals surface area (Å²) in [6, 6.07) is 28.7. The smallest absolute Gasteiger partial charge is 0.334 e. The van der Waals surface area contributed by atoms with E-state index < -0.39 is 12.2 Å². The summed E-state index contributed by atoms with van der Waals surface area (Å²) in [5, 5.41) is 6.24. The average Bonchev–Trinajstić information content (AvgIpc) is 3.03. The van der Waals surface area contributed by atoms with Crippen LogP contribution in [-0.2, 0) is 16.1 Å². The Labute approximate surface area is 255 Å². The maximum absolute atomic E-state index is 13.6. The van der Waals surface area contributed by atoms with E-state index in [2.05, 4.69) is 24.4 Å². The van der Waals surface area contributed by atoms with Gasteiger partial charge in [-0.2, -0.15) is 0 Å². The second-order valence-corrected chi connectivity index (χ2v) is 11.0. The molecule has 0 bridgehead atoms. The molecule has 2 saturated heterocycles. The molecule has 2 aliphatic rings. The van der Waals surface area contributed by atoms with Crippen molar-refractivity contribution >= 4 is 17.8 Å². The van der Waals surface area contributed by atoms with E-state index in [1.54, 1.807) is 29.1 Å². The van der Waals surface area contributed by atoms with Crippen LogP contribution in [0.15, 0.2) is 91.0 Å². The standard InChI is InChI=1S/C28H37N5O4.C6H6/c1-5-9-24-27(35)31(17-20(2)22-10-7-6-8-11-22)18-25-32(24)26(34)19-30(3)33(25)28(36)29-16-21-12-14-23(37-4)15-13-21;1-2-4-6-5-3-1/h6-8,10-15,20,24-25H,5,9,16-19H2,1-4H3,(H,29,36);1-6H/t20?,24-,25-;/m0./s1. The van der Waals surface area contributed by atoms with Gasteiger partial charge in [0.15, 0.2) is 0 Å². The van der Waals surface area contributed by atoms with Gasteiger partial charge in [0.25, 0.3) is 0 Å². The first-order chi connectivity index (χ1) is 20.8. The number of hydrogen-bond acceptors (Lipinski definition) is 5. The van der Waals surface area contributed by atoms with Crippen molar-refractivity contribution in [3.63, 3.8) is 0 Å². The third kappa shape index (κ3) is 7.93. The molecule has 1 unspecified atom stereocenters. The minimum absolute atomic E-state index is 0.0420. The molecule has 9 nitrogen and oxygen atoms in total. The van der Waals surface area contributed by atoms with Gasteiger partial charge < -0.3 is 19.9 Å². The van der Waals surface area contributed by atoms with Crippen molar-refractivity contribution < 1.29 is 19.1 Å². The number of nitrogens with one attached hydrogen (secondary N) is 1. The van der Waals surface area contributed by atoms with Crippen LogP contribution in [0.4, 0.5) is 4.79 Å². The molecule has 0 aliphatic carbocycles. The number of piperazine rings is 1. The van der Waals surface area contributed by atoms with Gasteiger partial charge in [0, 0.05) is 20.1 Å². The van der Waals surface area contributed by atoms with Gasteiger partial charge in [-0.1, -0.05) is 99.1 Å². The summed E-state index contributed by atoms with van der Waals surface area (Å²) in [7, 11) is 3.35. The van der Waals surface area contributed by atoms with Crippen LogP contribution in [0.3, 0.4) is 0 Å². The maximum atomic E-state index is 13.6. The molecule has 3 aromatic carbocycles. The Balaban J connectivity index is 0.000000628. The van der Waals surface area contributed by atoms with E-state index in [1.165, 1.54) is 0 Å². The molecule has 3 aromatic rings. The SMILES string of the molecule is CCC[C@H]1C(=O)N(CC(C)c2ccccc2)C[C@H]2N1C(=O)CN(C)N2C(=O)NCc1ccc(OC)cc1.c1ccccc1. The van der Waals surface area contributed by atoms with Gasteiger partial charge in [-0.25, -0.2) is 14.8 Å². The second-order valence-electron chi connectivity index (χ2n) is 11.0. The number of benzene rings is 3. The molecule has 228 valence electrons. The highest BCUT2D eigenvalue weighted by molar-refractivity contribution is 5.91. The minimum atomic E-state index is -0.579. The molecule has 2 fully saturated rings. The first kappa shape index (κ1) is 31.6. The lowest BCUT2D eigenvalue weighted by atomic mass is 9.97. The monoisotopic (exact) mass is 585 g/mol. The molecule has 1 N–H and O–H groups in total. The van der Waals surface area contributed by atoms with E-state index >= 15 is 0 Å². The number of nitrogens with zero attached hydrogens (tertiary/aromatic N) is 4. The normalized spacial score (nSPS) is 19.2. The zero-order valence-corrected chi connectivity index (χ0v) is 25.6. The summed E-state index contributed by atoms with van der Waals surface area (Å²) >= 11 is 0. The molecule has 2 aliphatic heterocycles. The number of ether oxygens (including phenoxy) is 1. The zero-order chi connectivity index (χ0) is 30.8. The summed E-state index contributed by atoms with van der Waals surface area (Å²) in [6.07, 6.45) is 0.746. The molecule has 0 saturated carbocycles. The number of carbonyl (C=O) groups excluding carboxylic acids is 3.